The third kappa shape index (κ3) is 8.38. The van der Waals surface area contributed by atoms with Gasteiger partial charge in [0.15, 0.2) is 0 Å². The van der Waals surface area contributed by atoms with Crippen molar-refractivity contribution in [3.8, 4) is 11.5 Å². The monoisotopic (exact) mass is 514 g/mol. The van der Waals surface area contributed by atoms with E-state index in [0.29, 0.717) is 6.61 Å². The number of hydrogen-bond donors (Lipinski definition) is 0. The van der Waals surface area contributed by atoms with E-state index in [-0.39, 0.29) is 5.60 Å². The molecule has 0 spiro atoms. The lowest BCUT2D eigenvalue weighted by atomic mass is 9.87. The quantitative estimate of drug-likeness (QED) is 0.207. The number of rotatable bonds is 12. The molecule has 2 aromatic carbocycles. The van der Waals surface area contributed by atoms with Crippen LogP contribution < -0.4 is 9.47 Å². The molecule has 0 saturated carbocycles. The molecule has 3 rings (SSSR count). The van der Waals surface area contributed by atoms with Crippen LogP contribution in [0.1, 0.15) is 101 Å². The maximum absolute atomic E-state index is 6.70. The molecule has 38 heavy (non-hydrogen) atoms. The van der Waals surface area contributed by atoms with Crippen LogP contribution >= 0.6 is 0 Å². The van der Waals surface area contributed by atoms with E-state index in [9.17, 15) is 0 Å². The number of benzene rings is 2. The number of ether oxygens (including phenoxy) is 2. The van der Waals surface area contributed by atoms with Crippen LogP contribution in [0.15, 0.2) is 65.8 Å². The van der Waals surface area contributed by atoms with Crippen LogP contribution in [0.3, 0.4) is 0 Å². The van der Waals surface area contributed by atoms with Gasteiger partial charge in [0.05, 0.1) is 0 Å². The van der Waals surface area contributed by atoms with E-state index in [1.54, 1.807) is 0 Å². The molecule has 0 bridgehead atoms. The summed E-state index contributed by atoms with van der Waals surface area (Å²) < 4.78 is 13.0. The Balaban J connectivity index is 1.61. The van der Waals surface area contributed by atoms with Crippen LogP contribution in [0.5, 0.6) is 11.5 Å². The third-order valence-corrected chi connectivity index (χ3v) is 7.96. The van der Waals surface area contributed by atoms with E-state index in [4.69, 9.17) is 9.47 Å². The highest BCUT2D eigenvalue weighted by molar-refractivity contribution is 5.59. The fourth-order valence-electron chi connectivity index (χ4n) is 5.25. The maximum atomic E-state index is 6.70. The Morgan fingerprint density at radius 3 is 2.45 bits per heavy atom. The lowest BCUT2D eigenvalue weighted by molar-refractivity contribution is 0.112. The van der Waals surface area contributed by atoms with Crippen molar-refractivity contribution in [1.82, 2.24) is 0 Å². The first-order valence-electron chi connectivity index (χ1n) is 14.6. The predicted molar refractivity (Wildman–Crippen MR) is 163 cm³/mol. The second-order valence-corrected chi connectivity index (χ2v) is 11.9. The van der Waals surface area contributed by atoms with Gasteiger partial charge >= 0.3 is 0 Å². The molecule has 0 radical (unpaired) electrons. The topological polar surface area (TPSA) is 18.5 Å². The predicted octanol–water partition coefficient (Wildman–Crippen LogP) is 10.3. The molecule has 1 heterocycles. The SMILES string of the molecule is CC(=CC=C[C@@]1(C)CCc2c(C)c(OCc3ccccc3)c(C)c(C)c2O1)CCC=C(C)CCCC(C)C. The zero-order chi connectivity index (χ0) is 27.7. The first-order chi connectivity index (χ1) is 18.1. The standard InChI is InChI=1S/C36H50O2/c1-26(2)15-12-16-27(3)17-13-18-28(4)19-14-23-36(8)24-22-33-31(7)34(29(5)30(6)35(33)38-36)37-25-32-20-10-9-11-21-32/h9-11,14,17,19-21,23,26H,12-13,15-16,18,22,24-25H2,1-8H3/t36-/m0/s1. The van der Waals surface area contributed by atoms with Crippen LogP contribution in [0.2, 0.25) is 0 Å². The number of allylic oxidation sites excluding steroid dienone is 5. The van der Waals surface area contributed by atoms with E-state index >= 15 is 0 Å². The molecule has 1 aliphatic heterocycles. The summed E-state index contributed by atoms with van der Waals surface area (Å²) in [5, 5.41) is 0. The number of fused-ring (bicyclic) bond motifs is 1. The highest BCUT2D eigenvalue weighted by atomic mass is 16.5. The van der Waals surface area contributed by atoms with Crippen molar-refractivity contribution in [3.63, 3.8) is 0 Å². The van der Waals surface area contributed by atoms with Crippen molar-refractivity contribution in [2.24, 2.45) is 5.92 Å². The molecule has 1 aliphatic rings. The number of hydrogen-bond acceptors (Lipinski definition) is 2. The van der Waals surface area contributed by atoms with Gasteiger partial charge in [-0.05, 0) is 114 Å². The molecule has 0 N–H and O–H groups in total. The summed E-state index contributed by atoms with van der Waals surface area (Å²) in [6.07, 6.45) is 17.2. The average molecular weight is 515 g/mol. The van der Waals surface area contributed by atoms with Gasteiger partial charge in [-0.15, -0.1) is 0 Å². The summed E-state index contributed by atoms with van der Waals surface area (Å²) in [5.41, 5.74) is 8.71. The van der Waals surface area contributed by atoms with E-state index in [1.807, 2.05) is 6.07 Å². The molecule has 1 atom stereocenters. The molecule has 2 heteroatoms. The Morgan fingerprint density at radius 2 is 1.74 bits per heavy atom. The largest absolute Gasteiger partial charge is 0.488 e. The van der Waals surface area contributed by atoms with Crippen LogP contribution in [0.25, 0.3) is 0 Å². The fourth-order valence-corrected chi connectivity index (χ4v) is 5.25. The lowest BCUT2D eigenvalue weighted by Crippen LogP contribution is -2.35. The van der Waals surface area contributed by atoms with Crippen molar-refractivity contribution in [2.75, 3.05) is 0 Å². The van der Waals surface area contributed by atoms with Gasteiger partial charge < -0.3 is 9.47 Å². The summed E-state index contributed by atoms with van der Waals surface area (Å²) in [7, 11) is 0. The first kappa shape index (κ1) is 29.8. The van der Waals surface area contributed by atoms with Gasteiger partial charge in [0.2, 0.25) is 0 Å². The Labute approximate surface area is 232 Å². The second-order valence-electron chi connectivity index (χ2n) is 11.9. The fraction of sp³-hybridized carbons (Fsp3) is 0.500. The molecule has 0 aliphatic carbocycles. The van der Waals surface area contributed by atoms with Crippen molar-refractivity contribution in [3.05, 3.63) is 93.6 Å². The highest BCUT2D eigenvalue weighted by Crippen LogP contribution is 2.44. The maximum Gasteiger partial charge on any atom is 0.127 e. The second kappa shape index (κ2) is 13.9. The van der Waals surface area contributed by atoms with Gasteiger partial charge in [-0.25, -0.2) is 0 Å². The van der Waals surface area contributed by atoms with Gasteiger partial charge in [-0.2, -0.15) is 0 Å². The Bertz CT molecular complexity index is 1150. The smallest absolute Gasteiger partial charge is 0.127 e. The molecule has 0 saturated heterocycles. The summed E-state index contributed by atoms with van der Waals surface area (Å²) in [6, 6.07) is 10.4. The summed E-state index contributed by atoms with van der Waals surface area (Å²) in [4.78, 5) is 0. The van der Waals surface area contributed by atoms with E-state index in [1.165, 1.54) is 58.2 Å². The minimum absolute atomic E-state index is 0.299. The Hall–Kier alpha value is -2.74. The molecule has 2 aromatic rings. The van der Waals surface area contributed by atoms with Gasteiger partial charge in [-0.1, -0.05) is 80.0 Å². The Morgan fingerprint density at radius 1 is 1.00 bits per heavy atom. The third-order valence-electron chi connectivity index (χ3n) is 7.96. The van der Waals surface area contributed by atoms with Gasteiger partial charge in [0, 0.05) is 5.56 Å². The minimum Gasteiger partial charge on any atom is -0.488 e. The minimum atomic E-state index is -0.299. The summed E-state index contributed by atoms with van der Waals surface area (Å²) in [6.45, 7) is 18.4. The van der Waals surface area contributed by atoms with Crippen molar-refractivity contribution < 1.29 is 9.47 Å². The molecule has 0 unspecified atom stereocenters. The lowest BCUT2D eigenvalue weighted by Gasteiger charge is -2.36. The van der Waals surface area contributed by atoms with E-state index in [2.05, 4.69) is 104 Å². The molecular formula is C36H50O2. The van der Waals surface area contributed by atoms with Crippen molar-refractivity contribution in [1.29, 1.82) is 0 Å². The van der Waals surface area contributed by atoms with Gasteiger partial charge in [0.1, 0.15) is 23.7 Å². The molecule has 0 fully saturated rings. The van der Waals surface area contributed by atoms with E-state index < -0.39 is 0 Å². The van der Waals surface area contributed by atoms with Crippen LogP contribution in [-0.2, 0) is 13.0 Å². The van der Waals surface area contributed by atoms with Gasteiger partial charge in [-0.3, -0.25) is 0 Å². The normalized spacial score (nSPS) is 18.1. The zero-order valence-electron chi connectivity index (χ0n) is 25.2. The Kier molecular flexibility index (Phi) is 10.9. The molecule has 0 aromatic heterocycles. The summed E-state index contributed by atoms with van der Waals surface area (Å²) in [5.74, 6) is 2.86. The highest BCUT2D eigenvalue weighted by Gasteiger charge is 2.32. The first-order valence-corrected chi connectivity index (χ1v) is 14.6. The zero-order valence-corrected chi connectivity index (χ0v) is 25.2. The summed E-state index contributed by atoms with van der Waals surface area (Å²) >= 11 is 0. The molecule has 206 valence electrons. The van der Waals surface area contributed by atoms with Gasteiger partial charge in [0.25, 0.3) is 0 Å². The van der Waals surface area contributed by atoms with Crippen LogP contribution in [0, 0.1) is 26.7 Å². The molecule has 0 amide bonds. The molecular weight excluding hydrogens is 464 g/mol. The van der Waals surface area contributed by atoms with Crippen molar-refractivity contribution in [2.45, 2.75) is 113 Å². The van der Waals surface area contributed by atoms with Crippen LogP contribution in [0.4, 0.5) is 0 Å². The van der Waals surface area contributed by atoms with E-state index in [0.717, 1.165) is 43.1 Å². The average Bonchev–Trinajstić information content (AvgIpc) is 2.87. The molecule has 2 nitrogen and oxygen atoms in total. The van der Waals surface area contributed by atoms with Crippen LogP contribution in [-0.4, -0.2) is 5.60 Å². The van der Waals surface area contributed by atoms with Crippen molar-refractivity contribution >= 4 is 0 Å².